The maximum atomic E-state index is 12.6. The fraction of sp³-hybridized carbons (Fsp3) is 0.607. The van der Waals surface area contributed by atoms with Gasteiger partial charge in [-0.1, -0.05) is 51.5 Å². The van der Waals surface area contributed by atoms with Gasteiger partial charge in [0, 0.05) is 74.2 Å². The third kappa shape index (κ3) is 7.45. The number of carbonyl (C=O) groups is 2. The molecule has 1 aliphatic heterocycles. The van der Waals surface area contributed by atoms with Crippen molar-refractivity contribution in [3.63, 3.8) is 0 Å². The number of benzene rings is 1. The van der Waals surface area contributed by atoms with Crippen molar-refractivity contribution in [3.8, 4) is 10.6 Å². The van der Waals surface area contributed by atoms with Crippen LogP contribution in [0, 0.1) is 0 Å². The van der Waals surface area contributed by atoms with Crippen LogP contribution in [-0.2, 0) is 17.6 Å². The van der Waals surface area contributed by atoms with Gasteiger partial charge in [0.2, 0.25) is 5.91 Å². The molecule has 2 aliphatic rings. The van der Waals surface area contributed by atoms with Gasteiger partial charge in [0.1, 0.15) is 5.01 Å². The Morgan fingerprint density at radius 1 is 1.06 bits per heavy atom. The van der Waals surface area contributed by atoms with Crippen LogP contribution in [0.25, 0.3) is 10.6 Å². The maximum Gasteiger partial charge on any atom is 0.223 e. The van der Waals surface area contributed by atoms with Gasteiger partial charge in [0.25, 0.3) is 0 Å². The number of thiazole rings is 1. The molecule has 1 aromatic heterocycles. The highest BCUT2D eigenvalue weighted by Gasteiger charge is 2.29. The number of nitrogens with zero attached hydrogens (tertiary/aromatic N) is 3. The van der Waals surface area contributed by atoms with Gasteiger partial charge in [0.15, 0.2) is 5.78 Å². The van der Waals surface area contributed by atoms with Crippen molar-refractivity contribution in [2.24, 2.45) is 0 Å². The third-order valence-electron chi connectivity index (χ3n) is 6.95. The largest absolute Gasteiger partial charge is 0.340 e. The highest BCUT2D eigenvalue weighted by molar-refractivity contribution is 7.15. The minimum Gasteiger partial charge on any atom is -0.340 e. The van der Waals surface area contributed by atoms with E-state index in [0.717, 1.165) is 73.4 Å². The molecule has 2 aromatic rings. The molecule has 35 heavy (non-hydrogen) atoms. The van der Waals surface area contributed by atoms with Crippen molar-refractivity contribution in [2.45, 2.75) is 72.3 Å². The molecular weight excluding hydrogens is 456 g/mol. The molecule has 1 amide bonds. The number of ketones is 1. The lowest BCUT2D eigenvalue weighted by atomic mass is 9.91. The highest BCUT2D eigenvalue weighted by Crippen LogP contribution is 2.29. The molecule has 1 N–H and O–H groups in total. The summed E-state index contributed by atoms with van der Waals surface area (Å²) in [6.07, 6.45) is 6.43. The molecule has 2 heterocycles. The Morgan fingerprint density at radius 3 is 2.31 bits per heavy atom. The molecule has 0 unspecified atom stereocenters. The number of rotatable bonds is 10. The predicted molar refractivity (Wildman–Crippen MR) is 145 cm³/mol. The molecule has 0 radical (unpaired) electrons. The molecule has 1 aliphatic carbocycles. The number of aromatic nitrogens is 1. The zero-order valence-electron chi connectivity index (χ0n) is 21.9. The normalized spacial score (nSPS) is 16.4. The lowest BCUT2D eigenvalue weighted by Gasteiger charge is -2.43. The molecule has 6 nitrogen and oxygen atoms in total. The number of carbonyl (C=O) groups excluding carboxylic acids is 2. The van der Waals surface area contributed by atoms with Crippen LogP contribution >= 0.6 is 11.3 Å². The number of aryl methyl sites for hydroxylation is 1. The predicted octanol–water partition coefficient (Wildman–Crippen LogP) is 4.82. The van der Waals surface area contributed by atoms with E-state index in [2.05, 4.69) is 17.1 Å². The zero-order chi connectivity index (χ0) is 25.2. The second-order valence-corrected chi connectivity index (χ2v) is 10.2. The quantitative estimate of drug-likeness (QED) is 0.376. The van der Waals surface area contributed by atoms with Crippen LogP contribution in [0.3, 0.4) is 0 Å². The minimum atomic E-state index is 0.0797. The highest BCUT2D eigenvalue weighted by atomic mass is 32.1. The van der Waals surface area contributed by atoms with Crippen LogP contribution in [-0.4, -0.2) is 71.8 Å². The summed E-state index contributed by atoms with van der Waals surface area (Å²) in [5.74, 6) is 0.353. The van der Waals surface area contributed by atoms with E-state index < -0.39 is 0 Å². The van der Waals surface area contributed by atoms with E-state index in [0.29, 0.717) is 13.0 Å². The smallest absolute Gasteiger partial charge is 0.223 e. The SMILES string of the molecule is CC.CCc1sc(-c2ccc(C(C)=O)cc2)nc1CCNCCC(=O)N1CCN(C2CCC2)CC1. The fourth-order valence-corrected chi connectivity index (χ4v) is 5.65. The fourth-order valence-electron chi connectivity index (χ4n) is 4.60. The Hall–Kier alpha value is -2.09. The molecule has 1 saturated heterocycles. The van der Waals surface area contributed by atoms with Gasteiger partial charge >= 0.3 is 0 Å². The Bertz CT molecular complexity index is 944. The zero-order valence-corrected chi connectivity index (χ0v) is 22.8. The van der Waals surface area contributed by atoms with Crippen molar-refractivity contribution < 1.29 is 9.59 Å². The van der Waals surface area contributed by atoms with E-state index in [1.54, 1.807) is 18.3 Å². The van der Waals surface area contributed by atoms with Crippen molar-refractivity contribution in [1.29, 1.82) is 0 Å². The van der Waals surface area contributed by atoms with Crippen LogP contribution in [0.2, 0.25) is 0 Å². The van der Waals surface area contributed by atoms with Gasteiger partial charge in [0.05, 0.1) is 5.69 Å². The first-order valence-corrected chi connectivity index (χ1v) is 14.2. The molecule has 2 fully saturated rings. The molecule has 1 aromatic carbocycles. The van der Waals surface area contributed by atoms with E-state index in [1.807, 2.05) is 43.0 Å². The molecular formula is C28H42N4O2S. The molecule has 192 valence electrons. The molecule has 4 rings (SSSR count). The standard InChI is InChI=1S/C26H36N4O2S.C2H6/c1-3-24-23(28-26(33-24)21-9-7-20(8-10-21)19(2)31)11-13-27-14-12-25(32)30-17-15-29(16-18-30)22-5-4-6-22;1-2/h7-10,22,27H,3-6,11-18H2,1-2H3;1-2H3. The Morgan fingerprint density at radius 2 is 1.74 bits per heavy atom. The first-order valence-electron chi connectivity index (χ1n) is 13.4. The Kier molecular flexibility index (Phi) is 10.9. The molecule has 0 atom stereocenters. The van der Waals surface area contributed by atoms with Crippen molar-refractivity contribution in [3.05, 3.63) is 40.4 Å². The summed E-state index contributed by atoms with van der Waals surface area (Å²) in [7, 11) is 0. The molecule has 0 bridgehead atoms. The van der Waals surface area contributed by atoms with Crippen LogP contribution in [0.4, 0.5) is 0 Å². The van der Waals surface area contributed by atoms with Crippen molar-refractivity contribution in [2.75, 3.05) is 39.3 Å². The van der Waals surface area contributed by atoms with Gasteiger partial charge in [-0.25, -0.2) is 4.98 Å². The third-order valence-corrected chi connectivity index (χ3v) is 8.24. The van der Waals surface area contributed by atoms with Crippen LogP contribution in [0.5, 0.6) is 0 Å². The van der Waals surface area contributed by atoms with Crippen molar-refractivity contribution in [1.82, 2.24) is 20.1 Å². The number of hydrogen-bond donors (Lipinski definition) is 1. The Labute approximate surface area is 215 Å². The average Bonchev–Trinajstić information content (AvgIpc) is 3.27. The van der Waals surface area contributed by atoms with Gasteiger partial charge in [-0.2, -0.15) is 0 Å². The first kappa shape index (κ1) is 27.5. The van der Waals surface area contributed by atoms with Crippen LogP contribution < -0.4 is 5.32 Å². The topological polar surface area (TPSA) is 65.5 Å². The monoisotopic (exact) mass is 498 g/mol. The van der Waals surface area contributed by atoms with Gasteiger partial charge in [-0.05, 0) is 26.2 Å². The lowest BCUT2D eigenvalue weighted by Crippen LogP contribution is -2.53. The number of nitrogens with one attached hydrogen (secondary N) is 1. The van der Waals surface area contributed by atoms with E-state index >= 15 is 0 Å². The van der Waals surface area contributed by atoms with Crippen LogP contribution in [0.15, 0.2) is 24.3 Å². The molecule has 7 heteroatoms. The minimum absolute atomic E-state index is 0.0797. The lowest BCUT2D eigenvalue weighted by molar-refractivity contribution is -0.133. The summed E-state index contributed by atoms with van der Waals surface area (Å²) < 4.78 is 0. The number of piperazine rings is 1. The van der Waals surface area contributed by atoms with E-state index in [9.17, 15) is 9.59 Å². The number of amides is 1. The number of hydrogen-bond acceptors (Lipinski definition) is 6. The first-order chi connectivity index (χ1) is 17.0. The van der Waals surface area contributed by atoms with Crippen LogP contribution in [0.1, 0.15) is 74.3 Å². The van der Waals surface area contributed by atoms with Gasteiger partial charge in [-0.3, -0.25) is 14.5 Å². The van der Waals surface area contributed by atoms with E-state index in [4.69, 9.17) is 4.98 Å². The summed E-state index contributed by atoms with van der Waals surface area (Å²) in [6.45, 7) is 13.1. The molecule has 1 saturated carbocycles. The average molecular weight is 499 g/mol. The second-order valence-electron chi connectivity index (χ2n) is 9.13. The summed E-state index contributed by atoms with van der Waals surface area (Å²) in [6, 6.07) is 8.48. The second kappa shape index (κ2) is 13.9. The Balaban J connectivity index is 0.00000167. The summed E-state index contributed by atoms with van der Waals surface area (Å²) in [4.78, 5) is 34.9. The summed E-state index contributed by atoms with van der Waals surface area (Å²) >= 11 is 1.73. The summed E-state index contributed by atoms with van der Waals surface area (Å²) in [5, 5.41) is 4.45. The van der Waals surface area contributed by atoms with Crippen molar-refractivity contribution >= 4 is 23.0 Å². The van der Waals surface area contributed by atoms with Gasteiger partial charge in [-0.15, -0.1) is 11.3 Å². The summed E-state index contributed by atoms with van der Waals surface area (Å²) in [5.41, 5.74) is 2.92. The van der Waals surface area contributed by atoms with E-state index in [-0.39, 0.29) is 11.7 Å². The number of Topliss-reactive ketones (excluding diaryl/α,β-unsaturated/α-hetero) is 1. The molecule has 0 spiro atoms. The van der Waals surface area contributed by atoms with E-state index in [1.165, 1.54) is 24.1 Å². The van der Waals surface area contributed by atoms with Gasteiger partial charge < -0.3 is 10.2 Å². The maximum absolute atomic E-state index is 12.6.